The molecule has 1 aromatic carbocycles. The van der Waals surface area contributed by atoms with Crippen LogP contribution >= 0.6 is 0 Å². The van der Waals surface area contributed by atoms with Gasteiger partial charge in [0, 0.05) is 25.9 Å². The second kappa shape index (κ2) is 7.31. The van der Waals surface area contributed by atoms with E-state index in [4.69, 9.17) is 15.2 Å². The van der Waals surface area contributed by atoms with Crippen LogP contribution in [0.5, 0.6) is 0 Å². The summed E-state index contributed by atoms with van der Waals surface area (Å²) in [5, 5.41) is 0. The highest BCUT2D eigenvalue weighted by Crippen LogP contribution is 2.25. The van der Waals surface area contributed by atoms with E-state index in [1.54, 1.807) is 19.1 Å². The second-order valence-corrected chi connectivity index (χ2v) is 5.37. The number of benzene rings is 1. The first-order chi connectivity index (χ1) is 10.1. The van der Waals surface area contributed by atoms with Gasteiger partial charge in [0.05, 0.1) is 24.0 Å². The Balaban J connectivity index is 2.14. The van der Waals surface area contributed by atoms with Gasteiger partial charge in [-0.15, -0.1) is 0 Å². The van der Waals surface area contributed by atoms with E-state index in [-0.39, 0.29) is 12.1 Å². The largest absolute Gasteiger partial charge is 0.462 e. The summed E-state index contributed by atoms with van der Waals surface area (Å²) in [7, 11) is 1.96. The zero-order chi connectivity index (χ0) is 15.2. The van der Waals surface area contributed by atoms with Crippen molar-refractivity contribution in [2.45, 2.75) is 32.3 Å². The number of esters is 1. The molecule has 21 heavy (non-hydrogen) atoms. The molecule has 0 aromatic heterocycles. The Morgan fingerprint density at radius 3 is 2.95 bits per heavy atom. The molecular weight excluding hydrogens is 268 g/mol. The van der Waals surface area contributed by atoms with Crippen LogP contribution in [0.1, 0.15) is 36.5 Å². The quantitative estimate of drug-likeness (QED) is 0.667. The van der Waals surface area contributed by atoms with E-state index in [1.807, 2.05) is 18.0 Å². The smallest absolute Gasteiger partial charge is 0.340 e. The highest BCUT2D eigenvalue weighted by Gasteiger charge is 2.20. The predicted molar refractivity (Wildman–Crippen MR) is 83.7 cm³/mol. The summed E-state index contributed by atoms with van der Waals surface area (Å²) < 4.78 is 10.9. The minimum atomic E-state index is -0.337. The molecule has 1 aliphatic heterocycles. The maximum atomic E-state index is 12.1. The van der Waals surface area contributed by atoms with E-state index in [2.05, 4.69) is 0 Å². The van der Waals surface area contributed by atoms with Crippen molar-refractivity contribution in [1.29, 1.82) is 0 Å². The first-order valence-electron chi connectivity index (χ1n) is 7.51. The number of carbonyl (C=O) groups excluding carboxylic acids is 1. The van der Waals surface area contributed by atoms with Gasteiger partial charge in [-0.2, -0.15) is 0 Å². The maximum absolute atomic E-state index is 12.1. The molecule has 0 radical (unpaired) electrons. The van der Waals surface area contributed by atoms with E-state index in [0.29, 0.717) is 17.9 Å². The minimum absolute atomic E-state index is 0.219. The van der Waals surface area contributed by atoms with Crippen LogP contribution in [-0.2, 0) is 9.47 Å². The van der Waals surface area contributed by atoms with Crippen molar-refractivity contribution in [2.24, 2.45) is 0 Å². The van der Waals surface area contributed by atoms with E-state index in [9.17, 15) is 4.79 Å². The molecule has 0 bridgehead atoms. The van der Waals surface area contributed by atoms with Gasteiger partial charge in [0.2, 0.25) is 0 Å². The van der Waals surface area contributed by atoms with Crippen LogP contribution in [0.15, 0.2) is 18.2 Å². The SMILES string of the molecule is CCOC(=O)c1cc(N)ccc1N(C)CC1CCCCO1. The lowest BCUT2D eigenvalue weighted by Crippen LogP contribution is -2.34. The number of carbonyl (C=O) groups is 1. The van der Waals surface area contributed by atoms with Crippen LogP contribution < -0.4 is 10.6 Å². The first-order valence-corrected chi connectivity index (χ1v) is 7.51. The standard InChI is InChI=1S/C16H24N2O3/c1-3-20-16(19)14-10-12(17)7-8-15(14)18(2)11-13-6-4-5-9-21-13/h7-8,10,13H,3-6,9,11,17H2,1-2H3. The van der Waals surface area contributed by atoms with Crippen LogP contribution in [0.3, 0.4) is 0 Å². The number of ether oxygens (including phenoxy) is 2. The van der Waals surface area contributed by atoms with E-state index in [1.165, 1.54) is 6.42 Å². The third-order valence-corrected chi connectivity index (χ3v) is 3.68. The molecule has 0 aliphatic carbocycles. The molecule has 0 amide bonds. The number of hydrogen-bond donors (Lipinski definition) is 1. The van der Waals surface area contributed by atoms with Gasteiger partial charge in [-0.05, 0) is 44.4 Å². The molecule has 5 nitrogen and oxygen atoms in total. The van der Waals surface area contributed by atoms with Crippen LogP contribution in [-0.4, -0.2) is 38.9 Å². The second-order valence-electron chi connectivity index (χ2n) is 5.37. The summed E-state index contributed by atoms with van der Waals surface area (Å²) in [6.07, 6.45) is 3.62. The Morgan fingerprint density at radius 2 is 2.29 bits per heavy atom. The van der Waals surface area contributed by atoms with Crippen molar-refractivity contribution in [3.63, 3.8) is 0 Å². The number of rotatable bonds is 5. The fraction of sp³-hybridized carbons (Fsp3) is 0.562. The molecule has 1 saturated heterocycles. The van der Waals surface area contributed by atoms with Crippen molar-refractivity contribution in [2.75, 3.05) is 37.4 Å². The highest BCUT2D eigenvalue weighted by molar-refractivity contribution is 5.97. The number of nitrogens with two attached hydrogens (primary N) is 1. The molecular formula is C16H24N2O3. The van der Waals surface area contributed by atoms with Crippen LogP contribution in [0.4, 0.5) is 11.4 Å². The van der Waals surface area contributed by atoms with Crippen molar-refractivity contribution in [3.05, 3.63) is 23.8 Å². The van der Waals surface area contributed by atoms with Gasteiger partial charge in [-0.1, -0.05) is 0 Å². The Morgan fingerprint density at radius 1 is 1.48 bits per heavy atom. The van der Waals surface area contributed by atoms with E-state index >= 15 is 0 Å². The Bertz CT molecular complexity index is 484. The zero-order valence-electron chi connectivity index (χ0n) is 12.8. The molecule has 1 aromatic rings. The predicted octanol–water partition coefficient (Wildman–Crippen LogP) is 2.45. The molecule has 2 rings (SSSR count). The number of nitrogen functional groups attached to an aromatic ring is 1. The van der Waals surface area contributed by atoms with E-state index < -0.39 is 0 Å². The summed E-state index contributed by atoms with van der Waals surface area (Å²) in [6.45, 7) is 3.73. The number of nitrogens with zero attached hydrogens (tertiary/aromatic N) is 1. The molecule has 1 atom stereocenters. The Hall–Kier alpha value is -1.75. The molecule has 1 fully saturated rings. The van der Waals surface area contributed by atoms with Crippen molar-refractivity contribution < 1.29 is 14.3 Å². The van der Waals surface area contributed by atoms with Crippen molar-refractivity contribution in [3.8, 4) is 0 Å². The fourth-order valence-corrected chi connectivity index (χ4v) is 2.61. The lowest BCUT2D eigenvalue weighted by molar-refractivity contribution is 0.0215. The monoisotopic (exact) mass is 292 g/mol. The van der Waals surface area contributed by atoms with Gasteiger partial charge < -0.3 is 20.1 Å². The zero-order valence-corrected chi connectivity index (χ0v) is 12.8. The summed E-state index contributed by atoms with van der Waals surface area (Å²) in [4.78, 5) is 14.1. The van der Waals surface area contributed by atoms with Gasteiger partial charge in [-0.25, -0.2) is 4.79 Å². The van der Waals surface area contributed by atoms with Gasteiger partial charge in [0.1, 0.15) is 0 Å². The normalized spacial score (nSPS) is 18.3. The lowest BCUT2D eigenvalue weighted by atomic mass is 10.1. The van der Waals surface area contributed by atoms with E-state index in [0.717, 1.165) is 31.7 Å². The number of likely N-dealkylation sites (N-methyl/N-ethyl adjacent to an activating group) is 1. The van der Waals surface area contributed by atoms with Gasteiger partial charge >= 0.3 is 5.97 Å². The molecule has 1 unspecified atom stereocenters. The number of anilines is 2. The topological polar surface area (TPSA) is 64.8 Å². The maximum Gasteiger partial charge on any atom is 0.340 e. The summed E-state index contributed by atoms with van der Waals surface area (Å²) in [5.41, 5.74) is 7.69. The Kier molecular flexibility index (Phi) is 5.44. The third kappa shape index (κ3) is 4.11. The third-order valence-electron chi connectivity index (χ3n) is 3.68. The lowest BCUT2D eigenvalue weighted by Gasteiger charge is -2.29. The summed E-state index contributed by atoms with van der Waals surface area (Å²) in [5.74, 6) is -0.337. The van der Waals surface area contributed by atoms with Crippen LogP contribution in [0.25, 0.3) is 0 Å². The molecule has 1 aliphatic rings. The summed E-state index contributed by atoms with van der Waals surface area (Å²) in [6, 6.07) is 5.34. The molecule has 1 heterocycles. The molecule has 116 valence electrons. The van der Waals surface area contributed by atoms with Gasteiger partial charge in [-0.3, -0.25) is 0 Å². The summed E-state index contributed by atoms with van der Waals surface area (Å²) >= 11 is 0. The molecule has 0 saturated carbocycles. The average Bonchev–Trinajstić information content (AvgIpc) is 2.48. The minimum Gasteiger partial charge on any atom is -0.462 e. The highest BCUT2D eigenvalue weighted by atomic mass is 16.5. The molecule has 2 N–H and O–H groups in total. The fourth-order valence-electron chi connectivity index (χ4n) is 2.61. The number of hydrogen-bond acceptors (Lipinski definition) is 5. The molecule has 5 heteroatoms. The van der Waals surface area contributed by atoms with Crippen molar-refractivity contribution >= 4 is 17.3 Å². The Labute approximate surface area is 126 Å². The van der Waals surface area contributed by atoms with Crippen LogP contribution in [0.2, 0.25) is 0 Å². The first kappa shape index (κ1) is 15.6. The molecule has 0 spiro atoms. The average molecular weight is 292 g/mol. The van der Waals surface area contributed by atoms with Gasteiger partial charge in [0.15, 0.2) is 0 Å². The van der Waals surface area contributed by atoms with Crippen molar-refractivity contribution in [1.82, 2.24) is 0 Å². The van der Waals surface area contributed by atoms with Gasteiger partial charge in [0.25, 0.3) is 0 Å². The van der Waals surface area contributed by atoms with Crippen LogP contribution in [0, 0.1) is 0 Å².